The van der Waals surface area contributed by atoms with Crippen molar-refractivity contribution < 1.29 is 19.1 Å². The molecule has 1 fully saturated rings. The van der Waals surface area contributed by atoms with Gasteiger partial charge in [-0.1, -0.05) is 48.0 Å². The van der Waals surface area contributed by atoms with E-state index in [-0.39, 0.29) is 17.9 Å². The Morgan fingerprint density at radius 2 is 1.87 bits per heavy atom. The number of carbonyl (C=O) groups excluding carboxylic acids is 2. The second-order valence-electron chi connectivity index (χ2n) is 7.21. The van der Waals surface area contributed by atoms with E-state index in [0.717, 1.165) is 11.1 Å². The number of ketones is 1. The number of aryl methyl sites for hydroxylation is 1. The van der Waals surface area contributed by atoms with E-state index >= 15 is 0 Å². The van der Waals surface area contributed by atoms with Crippen LogP contribution in [0.25, 0.3) is 5.76 Å². The predicted molar refractivity (Wildman–Crippen MR) is 110 cm³/mol. The Morgan fingerprint density at radius 3 is 2.53 bits per heavy atom. The molecule has 0 radical (unpaired) electrons. The normalized spacial score (nSPS) is 18.1. The summed E-state index contributed by atoms with van der Waals surface area (Å²) in [5.41, 5.74) is 2.48. The molecular formula is C24H19FN2O3. The summed E-state index contributed by atoms with van der Waals surface area (Å²) in [7, 11) is 0. The minimum atomic E-state index is -0.915. The lowest BCUT2D eigenvalue weighted by Crippen LogP contribution is -2.29. The second-order valence-corrected chi connectivity index (χ2v) is 7.21. The van der Waals surface area contributed by atoms with Gasteiger partial charge in [0, 0.05) is 24.5 Å². The standard InChI is InChI=1S/C24H19FN2O3/c1-15-7-9-17(10-8-15)22(28)20-21(18-5-2-6-19(25)12-18)27(24(30)23(20)29)14-16-4-3-11-26-13-16/h2-13,21,28H,14H2,1H3/t21-/m0/s1. The van der Waals surface area contributed by atoms with Crippen molar-refractivity contribution in [3.8, 4) is 0 Å². The van der Waals surface area contributed by atoms with Crippen LogP contribution in [0.5, 0.6) is 0 Å². The van der Waals surface area contributed by atoms with Crippen molar-refractivity contribution in [2.45, 2.75) is 19.5 Å². The van der Waals surface area contributed by atoms with Crippen LogP contribution in [0.2, 0.25) is 0 Å². The van der Waals surface area contributed by atoms with Gasteiger partial charge in [0.05, 0.1) is 11.6 Å². The zero-order valence-electron chi connectivity index (χ0n) is 16.2. The quantitative estimate of drug-likeness (QED) is 0.404. The van der Waals surface area contributed by atoms with Crippen molar-refractivity contribution >= 4 is 17.4 Å². The molecule has 4 rings (SSSR count). The molecule has 0 bridgehead atoms. The minimum Gasteiger partial charge on any atom is -0.507 e. The number of carbonyl (C=O) groups is 2. The average molecular weight is 402 g/mol. The van der Waals surface area contributed by atoms with Gasteiger partial charge in [0.2, 0.25) is 0 Å². The average Bonchev–Trinajstić information content (AvgIpc) is 2.99. The van der Waals surface area contributed by atoms with Gasteiger partial charge >= 0.3 is 0 Å². The van der Waals surface area contributed by atoms with Gasteiger partial charge in [0.1, 0.15) is 11.6 Å². The fraction of sp³-hybridized carbons (Fsp3) is 0.125. The predicted octanol–water partition coefficient (Wildman–Crippen LogP) is 4.15. The molecule has 30 heavy (non-hydrogen) atoms. The lowest BCUT2D eigenvalue weighted by atomic mass is 9.95. The summed E-state index contributed by atoms with van der Waals surface area (Å²) in [6.07, 6.45) is 3.21. The number of aliphatic hydroxyl groups is 1. The smallest absolute Gasteiger partial charge is 0.295 e. The lowest BCUT2D eigenvalue weighted by Gasteiger charge is -2.25. The van der Waals surface area contributed by atoms with Gasteiger partial charge in [0.25, 0.3) is 11.7 Å². The van der Waals surface area contributed by atoms with Gasteiger partial charge < -0.3 is 10.0 Å². The molecule has 2 aromatic carbocycles. The number of pyridine rings is 1. The molecule has 1 atom stereocenters. The summed E-state index contributed by atoms with van der Waals surface area (Å²) in [6.45, 7) is 2.01. The molecule has 6 heteroatoms. The number of hydrogen-bond donors (Lipinski definition) is 1. The van der Waals surface area contributed by atoms with Crippen LogP contribution in [-0.4, -0.2) is 26.7 Å². The Morgan fingerprint density at radius 1 is 1.10 bits per heavy atom. The number of hydrogen-bond acceptors (Lipinski definition) is 4. The van der Waals surface area contributed by atoms with Crippen molar-refractivity contribution in [1.29, 1.82) is 0 Å². The fourth-order valence-electron chi connectivity index (χ4n) is 3.62. The molecule has 0 saturated carbocycles. The van der Waals surface area contributed by atoms with Crippen LogP contribution in [0.3, 0.4) is 0 Å². The Labute approximate surface area is 173 Å². The summed E-state index contributed by atoms with van der Waals surface area (Å²) >= 11 is 0. The summed E-state index contributed by atoms with van der Waals surface area (Å²) < 4.78 is 14.0. The molecule has 0 spiro atoms. The van der Waals surface area contributed by atoms with Crippen molar-refractivity contribution in [1.82, 2.24) is 9.88 Å². The monoisotopic (exact) mass is 402 g/mol. The molecule has 1 aromatic heterocycles. The first-order chi connectivity index (χ1) is 14.5. The SMILES string of the molecule is Cc1ccc(C(O)=C2C(=O)C(=O)N(Cc3cccnc3)[C@H]2c2cccc(F)c2)cc1. The van der Waals surface area contributed by atoms with Crippen LogP contribution in [0.15, 0.2) is 78.6 Å². The van der Waals surface area contributed by atoms with Gasteiger partial charge in [-0.25, -0.2) is 4.39 Å². The molecule has 5 nitrogen and oxygen atoms in total. The number of aromatic nitrogens is 1. The van der Waals surface area contributed by atoms with Crippen LogP contribution in [0, 0.1) is 12.7 Å². The maximum Gasteiger partial charge on any atom is 0.295 e. The first kappa shape index (κ1) is 19.5. The zero-order chi connectivity index (χ0) is 21.3. The van der Waals surface area contributed by atoms with Crippen LogP contribution >= 0.6 is 0 Å². The third-order valence-electron chi connectivity index (χ3n) is 5.11. The van der Waals surface area contributed by atoms with Crippen LogP contribution < -0.4 is 0 Å². The van der Waals surface area contributed by atoms with Gasteiger partial charge in [-0.05, 0) is 36.2 Å². The number of Topliss-reactive ketones (excluding diaryl/α,β-unsaturated/α-hetero) is 1. The third-order valence-corrected chi connectivity index (χ3v) is 5.11. The van der Waals surface area contributed by atoms with Crippen molar-refractivity contribution in [2.24, 2.45) is 0 Å². The number of aliphatic hydroxyl groups excluding tert-OH is 1. The van der Waals surface area contributed by atoms with Gasteiger partial charge in [-0.15, -0.1) is 0 Å². The van der Waals surface area contributed by atoms with E-state index < -0.39 is 23.5 Å². The van der Waals surface area contributed by atoms with E-state index in [2.05, 4.69) is 4.98 Å². The largest absolute Gasteiger partial charge is 0.507 e. The summed E-state index contributed by atoms with van der Waals surface area (Å²) in [5.74, 6) is -2.32. The molecule has 3 aromatic rings. The summed E-state index contributed by atoms with van der Waals surface area (Å²) in [6, 6.07) is 15.3. The highest BCUT2D eigenvalue weighted by molar-refractivity contribution is 6.46. The number of likely N-dealkylation sites (tertiary alicyclic amines) is 1. The van der Waals surface area contributed by atoms with E-state index in [1.165, 1.54) is 23.1 Å². The highest BCUT2D eigenvalue weighted by atomic mass is 19.1. The number of nitrogens with zero attached hydrogens (tertiary/aromatic N) is 2. The van der Waals surface area contributed by atoms with Crippen molar-refractivity contribution in [3.05, 3.63) is 107 Å². The molecule has 1 N–H and O–H groups in total. The maximum absolute atomic E-state index is 14.0. The molecular weight excluding hydrogens is 383 g/mol. The Bertz CT molecular complexity index is 1140. The van der Waals surface area contributed by atoms with E-state index in [4.69, 9.17) is 0 Å². The van der Waals surface area contributed by atoms with Gasteiger partial charge in [-0.3, -0.25) is 14.6 Å². The molecule has 1 saturated heterocycles. The van der Waals surface area contributed by atoms with Gasteiger partial charge in [-0.2, -0.15) is 0 Å². The molecule has 1 aliphatic rings. The number of amides is 1. The summed E-state index contributed by atoms with van der Waals surface area (Å²) in [4.78, 5) is 31.2. The number of benzene rings is 2. The Balaban J connectivity index is 1.87. The van der Waals surface area contributed by atoms with Gasteiger partial charge in [0.15, 0.2) is 0 Å². The molecule has 0 unspecified atom stereocenters. The first-order valence-corrected chi connectivity index (χ1v) is 9.45. The molecule has 150 valence electrons. The van der Waals surface area contributed by atoms with Crippen LogP contribution in [0.4, 0.5) is 4.39 Å². The Kier molecular flexibility index (Phi) is 5.14. The molecule has 2 heterocycles. The molecule has 1 amide bonds. The van der Waals surface area contributed by atoms with E-state index in [0.29, 0.717) is 11.1 Å². The topological polar surface area (TPSA) is 70.5 Å². The first-order valence-electron chi connectivity index (χ1n) is 9.45. The van der Waals surface area contributed by atoms with Crippen LogP contribution in [0.1, 0.15) is 28.3 Å². The second kappa shape index (κ2) is 7.91. The lowest BCUT2D eigenvalue weighted by molar-refractivity contribution is -0.140. The van der Waals surface area contributed by atoms with E-state index in [1.807, 2.05) is 6.92 Å². The van der Waals surface area contributed by atoms with Crippen molar-refractivity contribution in [3.63, 3.8) is 0 Å². The highest BCUT2D eigenvalue weighted by Gasteiger charge is 2.46. The number of rotatable bonds is 4. The zero-order valence-corrected chi connectivity index (χ0v) is 16.2. The third kappa shape index (κ3) is 3.59. The molecule has 1 aliphatic heterocycles. The maximum atomic E-state index is 14.0. The van der Waals surface area contributed by atoms with E-state index in [9.17, 15) is 19.1 Å². The fourth-order valence-corrected chi connectivity index (χ4v) is 3.62. The number of halogens is 1. The van der Waals surface area contributed by atoms with Crippen LogP contribution in [-0.2, 0) is 16.1 Å². The minimum absolute atomic E-state index is 0.0571. The Hall–Kier alpha value is -3.80. The summed E-state index contributed by atoms with van der Waals surface area (Å²) in [5, 5.41) is 11.0. The van der Waals surface area contributed by atoms with E-state index in [1.54, 1.807) is 54.9 Å². The van der Waals surface area contributed by atoms with Crippen molar-refractivity contribution in [2.75, 3.05) is 0 Å². The molecule has 0 aliphatic carbocycles. The highest BCUT2D eigenvalue weighted by Crippen LogP contribution is 2.40.